The summed E-state index contributed by atoms with van der Waals surface area (Å²) >= 11 is 0. The summed E-state index contributed by atoms with van der Waals surface area (Å²) < 4.78 is 0. The molecule has 0 aliphatic rings. The molecule has 16 heavy (non-hydrogen) atoms. The number of aromatic amines is 1. The van der Waals surface area contributed by atoms with E-state index in [9.17, 15) is 0 Å². The van der Waals surface area contributed by atoms with Crippen molar-refractivity contribution in [2.45, 2.75) is 13.3 Å². The zero-order valence-corrected chi connectivity index (χ0v) is 9.07. The molecule has 4 N–H and O–H groups in total. The van der Waals surface area contributed by atoms with Crippen molar-refractivity contribution in [1.29, 1.82) is 0 Å². The first-order valence-corrected chi connectivity index (χ1v) is 5.07. The van der Waals surface area contributed by atoms with E-state index in [0.29, 0.717) is 5.69 Å². The smallest absolute Gasteiger partial charge is 0.137 e. The Labute approximate surface area is 93.3 Å². The Hall–Kier alpha value is -2.11. The Bertz CT molecular complexity index is 450. The van der Waals surface area contributed by atoms with Gasteiger partial charge in [0.15, 0.2) is 0 Å². The molecule has 0 amide bonds. The molecule has 0 bridgehead atoms. The highest BCUT2D eigenvalue weighted by atomic mass is 15.2. The first-order valence-electron chi connectivity index (χ1n) is 5.07. The van der Waals surface area contributed by atoms with Crippen molar-refractivity contribution >= 4 is 11.5 Å². The molecule has 0 fully saturated rings. The molecule has 0 saturated carbocycles. The summed E-state index contributed by atoms with van der Waals surface area (Å²) in [4.78, 5) is 8.34. The molecule has 0 atom stereocenters. The van der Waals surface area contributed by atoms with Crippen LogP contribution in [0.4, 0.5) is 11.5 Å². The molecule has 2 rings (SSSR count). The lowest BCUT2D eigenvalue weighted by molar-refractivity contribution is 0.896. The number of nitrogen functional groups attached to an aromatic ring is 1. The molecule has 0 spiro atoms. The van der Waals surface area contributed by atoms with Gasteiger partial charge in [0.1, 0.15) is 18.0 Å². The van der Waals surface area contributed by atoms with Crippen LogP contribution in [-0.2, 0) is 6.42 Å². The minimum Gasteiger partial charge on any atom is -0.397 e. The number of nitrogens with one attached hydrogen (secondary N) is 2. The van der Waals surface area contributed by atoms with Crippen molar-refractivity contribution in [3.63, 3.8) is 0 Å². The quantitative estimate of drug-likeness (QED) is 0.704. The van der Waals surface area contributed by atoms with E-state index >= 15 is 0 Å². The number of pyridine rings is 1. The number of H-pyrrole nitrogens is 1. The lowest BCUT2D eigenvalue weighted by Gasteiger charge is -2.06. The van der Waals surface area contributed by atoms with E-state index in [4.69, 9.17) is 5.73 Å². The molecule has 0 unspecified atom stereocenters. The largest absolute Gasteiger partial charge is 0.397 e. The molecule has 0 aliphatic carbocycles. The Morgan fingerprint density at radius 3 is 3.00 bits per heavy atom. The molecule has 2 aromatic heterocycles. The molecule has 0 aromatic carbocycles. The highest BCUT2D eigenvalue weighted by molar-refractivity contribution is 5.48. The van der Waals surface area contributed by atoms with Crippen LogP contribution in [0.15, 0.2) is 18.5 Å². The average molecular weight is 218 g/mol. The van der Waals surface area contributed by atoms with Crippen molar-refractivity contribution in [3.05, 3.63) is 30.0 Å². The van der Waals surface area contributed by atoms with Gasteiger partial charge in [-0.05, 0) is 19.1 Å². The minimum atomic E-state index is 0.709. The van der Waals surface area contributed by atoms with Gasteiger partial charge in [-0.15, -0.1) is 0 Å². The monoisotopic (exact) mass is 218 g/mol. The molecule has 6 heteroatoms. The normalized spacial score (nSPS) is 10.3. The number of nitrogens with two attached hydrogens (primary N) is 1. The number of aryl methyl sites for hydroxylation is 1. The van der Waals surface area contributed by atoms with Crippen LogP contribution in [0.3, 0.4) is 0 Å². The molecule has 84 valence electrons. The Balaban J connectivity index is 1.87. The fourth-order valence-electron chi connectivity index (χ4n) is 1.33. The van der Waals surface area contributed by atoms with Crippen LogP contribution in [0.1, 0.15) is 11.5 Å². The van der Waals surface area contributed by atoms with Gasteiger partial charge < -0.3 is 11.1 Å². The van der Waals surface area contributed by atoms with Crippen LogP contribution in [-0.4, -0.2) is 26.7 Å². The van der Waals surface area contributed by atoms with Crippen molar-refractivity contribution in [2.24, 2.45) is 0 Å². The second kappa shape index (κ2) is 4.61. The van der Waals surface area contributed by atoms with E-state index < -0.39 is 0 Å². The highest BCUT2D eigenvalue weighted by Gasteiger charge is 1.99. The third-order valence-electron chi connectivity index (χ3n) is 2.26. The third kappa shape index (κ3) is 2.47. The molecular formula is C10H14N6. The Kier molecular flexibility index (Phi) is 3.00. The third-order valence-corrected chi connectivity index (χ3v) is 2.26. The summed E-state index contributed by atoms with van der Waals surface area (Å²) in [7, 11) is 0. The number of rotatable bonds is 4. The zero-order chi connectivity index (χ0) is 11.4. The van der Waals surface area contributed by atoms with E-state index in [1.165, 1.54) is 6.33 Å². The maximum Gasteiger partial charge on any atom is 0.137 e. The van der Waals surface area contributed by atoms with E-state index in [1.54, 1.807) is 0 Å². The van der Waals surface area contributed by atoms with Gasteiger partial charge in [-0.1, -0.05) is 0 Å². The zero-order valence-electron chi connectivity index (χ0n) is 9.07. The standard InChI is InChI=1S/C10H14N6/c1-7-8(11)2-3-9(15-7)12-5-4-10-13-6-14-16-10/h2-3,6H,4-5,11H2,1H3,(H,12,15)(H,13,14,16). The SMILES string of the molecule is Cc1nc(NCCc2ncn[nH]2)ccc1N. The molecule has 2 heterocycles. The molecule has 0 saturated heterocycles. The van der Waals surface area contributed by atoms with Crippen LogP contribution in [0, 0.1) is 6.92 Å². The fourth-order valence-corrected chi connectivity index (χ4v) is 1.33. The first-order chi connectivity index (χ1) is 7.75. The van der Waals surface area contributed by atoms with Gasteiger partial charge in [0, 0.05) is 13.0 Å². The first kappa shape index (κ1) is 10.4. The molecule has 6 nitrogen and oxygen atoms in total. The van der Waals surface area contributed by atoms with Crippen LogP contribution < -0.4 is 11.1 Å². The van der Waals surface area contributed by atoms with Gasteiger partial charge in [0.25, 0.3) is 0 Å². The van der Waals surface area contributed by atoms with Gasteiger partial charge in [0.2, 0.25) is 0 Å². The molecule has 2 aromatic rings. The summed E-state index contributed by atoms with van der Waals surface area (Å²) in [5, 5.41) is 9.78. The van der Waals surface area contributed by atoms with Crippen LogP contribution in [0.2, 0.25) is 0 Å². The van der Waals surface area contributed by atoms with Crippen molar-refractivity contribution in [1.82, 2.24) is 20.2 Å². The maximum absolute atomic E-state index is 5.68. The molecular weight excluding hydrogens is 204 g/mol. The number of aromatic nitrogens is 4. The van der Waals surface area contributed by atoms with E-state index in [2.05, 4.69) is 25.5 Å². The van der Waals surface area contributed by atoms with Crippen LogP contribution in [0.5, 0.6) is 0 Å². The van der Waals surface area contributed by atoms with Crippen molar-refractivity contribution < 1.29 is 0 Å². The van der Waals surface area contributed by atoms with Crippen LogP contribution >= 0.6 is 0 Å². The van der Waals surface area contributed by atoms with Gasteiger partial charge in [-0.2, -0.15) is 5.10 Å². The summed E-state index contributed by atoms with van der Waals surface area (Å²) in [5.74, 6) is 1.69. The van der Waals surface area contributed by atoms with Gasteiger partial charge >= 0.3 is 0 Å². The van der Waals surface area contributed by atoms with Crippen LogP contribution in [0.25, 0.3) is 0 Å². The van der Waals surface area contributed by atoms with Crippen molar-refractivity contribution in [3.8, 4) is 0 Å². The number of hydrogen-bond acceptors (Lipinski definition) is 5. The number of anilines is 2. The minimum absolute atomic E-state index is 0.709. The Morgan fingerprint density at radius 2 is 2.31 bits per heavy atom. The highest BCUT2D eigenvalue weighted by Crippen LogP contribution is 2.11. The average Bonchev–Trinajstić information content (AvgIpc) is 2.76. The lowest BCUT2D eigenvalue weighted by atomic mass is 10.3. The van der Waals surface area contributed by atoms with Gasteiger partial charge in [-0.3, -0.25) is 5.10 Å². The van der Waals surface area contributed by atoms with Gasteiger partial charge in [0.05, 0.1) is 11.4 Å². The predicted molar refractivity (Wildman–Crippen MR) is 62.0 cm³/mol. The Morgan fingerprint density at radius 1 is 1.44 bits per heavy atom. The van der Waals surface area contributed by atoms with E-state index in [0.717, 1.165) is 30.3 Å². The predicted octanol–water partition coefficient (Wildman–Crippen LogP) is 0.745. The fraction of sp³-hybridized carbons (Fsp3) is 0.300. The molecule has 0 aliphatic heterocycles. The maximum atomic E-state index is 5.68. The summed E-state index contributed by atoms with van der Waals surface area (Å²) in [6, 6.07) is 3.71. The lowest BCUT2D eigenvalue weighted by Crippen LogP contribution is -2.08. The van der Waals surface area contributed by atoms with E-state index in [1.807, 2.05) is 19.1 Å². The second-order valence-corrected chi connectivity index (χ2v) is 3.48. The topological polar surface area (TPSA) is 92.5 Å². The number of nitrogens with zero attached hydrogens (tertiary/aromatic N) is 3. The summed E-state index contributed by atoms with van der Waals surface area (Å²) in [6.07, 6.45) is 2.28. The number of hydrogen-bond donors (Lipinski definition) is 3. The van der Waals surface area contributed by atoms with Gasteiger partial charge in [-0.25, -0.2) is 9.97 Å². The summed E-state index contributed by atoms with van der Waals surface area (Å²) in [6.45, 7) is 2.64. The van der Waals surface area contributed by atoms with E-state index in [-0.39, 0.29) is 0 Å². The molecule has 0 radical (unpaired) electrons. The second-order valence-electron chi connectivity index (χ2n) is 3.48. The van der Waals surface area contributed by atoms with Crippen molar-refractivity contribution in [2.75, 3.05) is 17.6 Å². The summed E-state index contributed by atoms with van der Waals surface area (Å²) in [5.41, 5.74) is 7.23.